The van der Waals surface area contributed by atoms with Crippen molar-refractivity contribution in [3.63, 3.8) is 0 Å². The van der Waals surface area contributed by atoms with E-state index >= 15 is 0 Å². The number of rotatable bonds is 8. The molecule has 1 heterocycles. The van der Waals surface area contributed by atoms with Gasteiger partial charge in [-0.05, 0) is 48.4 Å². The molecule has 1 aliphatic rings. The van der Waals surface area contributed by atoms with Crippen molar-refractivity contribution in [3.8, 4) is 5.75 Å². The minimum absolute atomic E-state index is 0.0670. The zero-order valence-electron chi connectivity index (χ0n) is 18.7. The molecule has 2 aromatic carbocycles. The number of carbonyl (C=O) groups excluding carboxylic acids is 2. The van der Waals surface area contributed by atoms with Gasteiger partial charge in [-0.15, -0.1) is 6.58 Å². The maximum atomic E-state index is 13.0. The molecule has 1 unspecified atom stereocenters. The lowest BCUT2D eigenvalue weighted by atomic mass is 9.93. The molecule has 0 aromatic heterocycles. The average molecular weight is 433 g/mol. The van der Waals surface area contributed by atoms with E-state index in [0.29, 0.717) is 17.9 Å². The molecule has 1 saturated heterocycles. The van der Waals surface area contributed by atoms with Gasteiger partial charge < -0.3 is 19.6 Å². The largest absolute Gasteiger partial charge is 0.507 e. The van der Waals surface area contributed by atoms with Gasteiger partial charge >= 0.3 is 0 Å². The van der Waals surface area contributed by atoms with Crippen LogP contribution in [0.15, 0.2) is 73.3 Å². The fraction of sp³-hybridized carbons (Fsp3) is 0.231. The number of amides is 1. The number of aliphatic hydroxyl groups is 1. The van der Waals surface area contributed by atoms with Gasteiger partial charge in [0.25, 0.3) is 11.7 Å². The third-order valence-corrected chi connectivity index (χ3v) is 5.41. The number of Topliss-reactive ketones (excluding diaryl/α,β-unsaturated/α-hetero) is 1. The minimum atomic E-state index is -0.711. The molecule has 0 spiro atoms. The number of likely N-dealkylation sites (tertiary alicyclic amines) is 1. The summed E-state index contributed by atoms with van der Waals surface area (Å²) in [6, 6.07) is 12.0. The Morgan fingerprint density at radius 1 is 1.12 bits per heavy atom. The predicted octanol–water partition coefficient (Wildman–Crippen LogP) is 4.23. The highest BCUT2D eigenvalue weighted by molar-refractivity contribution is 6.46. The van der Waals surface area contributed by atoms with Gasteiger partial charge in [-0.2, -0.15) is 0 Å². The predicted molar refractivity (Wildman–Crippen MR) is 127 cm³/mol. The minimum Gasteiger partial charge on any atom is -0.507 e. The molecule has 0 radical (unpaired) electrons. The number of anilines is 1. The number of carbonyl (C=O) groups is 2. The first kappa shape index (κ1) is 22.9. The highest BCUT2D eigenvalue weighted by Crippen LogP contribution is 2.40. The van der Waals surface area contributed by atoms with Gasteiger partial charge in [-0.3, -0.25) is 9.59 Å². The summed E-state index contributed by atoms with van der Waals surface area (Å²) in [6.07, 6.45) is 3.22. The summed E-state index contributed by atoms with van der Waals surface area (Å²) in [6.45, 7) is 9.71. The van der Waals surface area contributed by atoms with Crippen molar-refractivity contribution in [2.45, 2.75) is 13.0 Å². The SMILES string of the molecule is C=CCOc1ccc(C(O)=C2C(=O)C(=O)N(CC=C)C2c2ccc(N(C)C)cc2)c(C)c1. The molecule has 6 heteroatoms. The highest BCUT2D eigenvalue weighted by Gasteiger charge is 2.45. The van der Waals surface area contributed by atoms with E-state index < -0.39 is 17.7 Å². The van der Waals surface area contributed by atoms with Gasteiger partial charge in [-0.1, -0.05) is 30.9 Å². The molecule has 1 N–H and O–H groups in total. The molecule has 2 aromatic rings. The van der Waals surface area contributed by atoms with Crippen LogP contribution in [0.25, 0.3) is 5.76 Å². The van der Waals surface area contributed by atoms with Crippen LogP contribution >= 0.6 is 0 Å². The number of benzene rings is 2. The van der Waals surface area contributed by atoms with Gasteiger partial charge in [0.2, 0.25) is 0 Å². The zero-order valence-corrected chi connectivity index (χ0v) is 18.7. The van der Waals surface area contributed by atoms with E-state index in [1.165, 1.54) is 4.90 Å². The molecule has 32 heavy (non-hydrogen) atoms. The summed E-state index contributed by atoms with van der Waals surface area (Å²) in [4.78, 5) is 29.2. The van der Waals surface area contributed by atoms with Crippen LogP contribution in [0, 0.1) is 6.92 Å². The Balaban J connectivity index is 2.13. The van der Waals surface area contributed by atoms with Gasteiger partial charge in [0.05, 0.1) is 11.6 Å². The van der Waals surface area contributed by atoms with E-state index in [0.717, 1.165) is 16.8 Å². The molecule has 0 bridgehead atoms. The molecule has 6 nitrogen and oxygen atoms in total. The quantitative estimate of drug-likeness (QED) is 0.293. The van der Waals surface area contributed by atoms with Crippen LogP contribution in [0.4, 0.5) is 5.69 Å². The van der Waals surface area contributed by atoms with E-state index in [9.17, 15) is 14.7 Å². The second kappa shape index (κ2) is 9.56. The Morgan fingerprint density at radius 2 is 1.81 bits per heavy atom. The Morgan fingerprint density at radius 3 is 2.38 bits per heavy atom. The number of hydrogen-bond acceptors (Lipinski definition) is 5. The molecule has 0 saturated carbocycles. The van der Waals surface area contributed by atoms with Gasteiger partial charge in [-0.25, -0.2) is 0 Å². The van der Waals surface area contributed by atoms with Crippen LogP contribution in [-0.2, 0) is 9.59 Å². The topological polar surface area (TPSA) is 70.1 Å². The average Bonchev–Trinajstić information content (AvgIpc) is 3.02. The molecule has 3 rings (SSSR count). The normalized spacial score (nSPS) is 17.3. The van der Waals surface area contributed by atoms with Crippen LogP contribution in [0.2, 0.25) is 0 Å². The molecular weight excluding hydrogens is 404 g/mol. The van der Waals surface area contributed by atoms with Crippen LogP contribution in [-0.4, -0.2) is 48.9 Å². The fourth-order valence-electron chi connectivity index (χ4n) is 3.80. The summed E-state index contributed by atoms with van der Waals surface area (Å²) < 4.78 is 5.54. The molecule has 166 valence electrons. The van der Waals surface area contributed by atoms with E-state index in [4.69, 9.17) is 4.74 Å². The summed E-state index contributed by atoms with van der Waals surface area (Å²) in [7, 11) is 3.87. The lowest BCUT2D eigenvalue weighted by Gasteiger charge is -2.25. The molecular formula is C26H28N2O4. The zero-order chi connectivity index (χ0) is 23.4. The molecule has 0 aliphatic carbocycles. The van der Waals surface area contributed by atoms with E-state index in [1.807, 2.05) is 50.2 Å². The number of nitrogens with zero attached hydrogens (tertiary/aromatic N) is 2. The first-order valence-electron chi connectivity index (χ1n) is 10.3. The number of hydrogen-bond donors (Lipinski definition) is 1. The van der Waals surface area contributed by atoms with E-state index in [-0.39, 0.29) is 17.9 Å². The second-order valence-corrected chi connectivity index (χ2v) is 7.80. The first-order valence-corrected chi connectivity index (χ1v) is 10.3. The van der Waals surface area contributed by atoms with Crippen LogP contribution in [0.3, 0.4) is 0 Å². The summed E-state index contributed by atoms with van der Waals surface area (Å²) in [5.74, 6) is -0.944. The molecule has 1 fully saturated rings. The summed E-state index contributed by atoms with van der Waals surface area (Å²) in [5.41, 5.74) is 2.99. The third-order valence-electron chi connectivity index (χ3n) is 5.41. The van der Waals surface area contributed by atoms with Gasteiger partial charge in [0.15, 0.2) is 0 Å². The maximum absolute atomic E-state index is 13.0. The first-order chi connectivity index (χ1) is 15.3. The van der Waals surface area contributed by atoms with Crippen molar-refractivity contribution >= 4 is 23.1 Å². The van der Waals surface area contributed by atoms with Crippen molar-refractivity contribution < 1.29 is 19.4 Å². The Bertz CT molecular complexity index is 1080. The Hall–Kier alpha value is -3.80. The molecule has 1 amide bonds. The highest BCUT2D eigenvalue weighted by atomic mass is 16.5. The third kappa shape index (κ3) is 4.30. The number of aliphatic hydroxyl groups excluding tert-OH is 1. The van der Waals surface area contributed by atoms with Gasteiger partial charge in [0, 0.05) is 31.9 Å². The van der Waals surface area contributed by atoms with Crippen LogP contribution < -0.4 is 9.64 Å². The van der Waals surface area contributed by atoms with Crippen molar-refractivity contribution in [1.82, 2.24) is 4.90 Å². The van der Waals surface area contributed by atoms with Crippen molar-refractivity contribution in [2.75, 3.05) is 32.1 Å². The van der Waals surface area contributed by atoms with Crippen molar-refractivity contribution in [1.29, 1.82) is 0 Å². The summed E-state index contributed by atoms with van der Waals surface area (Å²) in [5, 5.41) is 11.2. The number of ketones is 1. The van der Waals surface area contributed by atoms with Crippen LogP contribution in [0.5, 0.6) is 5.75 Å². The van der Waals surface area contributed by atoms with E-state index in [2.05, 4.69) is 13.2 Å². The number of aryl methyl sites for hydroxylation is 1. The standard InChI is InChI=1S/C26H28N2O4/c1-6-14-28-23(18-8-10-19(11-9-18)27(4)5)22(25(30)26(28)31)24(29)21-13-12-20(16-17(21)3)32-15-7-2/h6-13,16,23,29H,1-2,14-15H2,3-5H3. The molecule has 1 atom stereocenters. The number of ether oxygens (including phenoxy) is 1. The Labute approximate surface area is 188 Å². The fourth-order valence-corrected chi connectivity index (χ4v) is 3.80. The van der Waals surface area contributed by atoms with Gasteiger partial charge in [0.1, 0.15) is 18.1 Å². The lowest BCUT2D eigenvalue weighted by Crippen LogP contribution is -2.29. The second-order valence-electron chi connectivity index (χ2n) is 7.80. The monoisotopic (exact) mass is 432 g/mol. The summed E-state index contributed by atoms with van der Waals surface area (Å²) >= 11 is 0. The van der Waals surface area contributed by atoms with Crippen molar-refractivity contribution in [3.05, 3.63) is 90.0 Å². The van der Waals surface area contributed by atoms with Crippen LogP contribution in [0.1, 0.15) is 22.7 Å². The van der Waals surface area contributed by atoms with E-state index in [1.54, 1.807) is 30.4 Å². The molecule has 1 aliphatic heterocycles. The maximum Gasteiger partial charge on any atom is 0.295 e. The lowest BCUT2D eigenvalue weighted by molar-refractivity contribution is -0.139. The Kier molecular flexibility index (Phi) is 6.83. The van der Waals surface area contributed by atoms with Crippen molar-refractivity contribution in [2.24, 2.45) is 0 Å². The smallest absolute Gasteiger partial charge is 0.295 e.